The number of thiocarbonyl (C=S) groups is 1. The van der Waals surface area contributed by atoms with Crippen LogP contribution in [0.1, 0.15) is 32.6 Å². The molecule has 150 valence electrons. The summed E-state index contributed by atoms with van der Waals surface area (Å²) < 4.78 is 32.3. The van der Waals surface area contributed by atoms with Crippen molar-refractivity contribution in [3.63, 3.8) is 0 Å². The molecule has 0 aromatic heterocycles. The zero-order valence-corrected chi connectivity index (χ0v) is 17.7. The highest BCUT2D eigenvalue weighted by molar-refractivity contribution is 7.89. The molecule has 0 amide bonds. The first kappa shape index (κ1) is 20.4. The predicted molar refractivity (Wildman–Crippen MR) is 110 cm³/mol. The average molecular weight is 412 g/mol. The third kappa shape index (κ3) is 4.73. The zero-order chi connectivity index (χ0) is 19.4. The molecule has 1 aliphatic carbocycles. The van der Waals surface area contributed by atoms with Crippen LogP contribution in [0, 0.1) is 5.92 Å². The first-order chi connectivity index (χ1) is 12.9. The van der Waals surface area contributed by atoms with Crippen LogP contribution in [0.25, 0.3) is 0 Å². The Kier molecular flexibility index (Phi) is 6.60. The summed E-state index contributed by atoms with van der Waals surface area (Å²) in [5.41, 5.74) is 0. The molecule has 0 unspecified atom stereocenters. The predicted octanol–water partition coefficient (Wildman–Crippen LogP) is 2.45. The van der Waals surface area contributed by atoms with Gasteiger partial charge in [-0.15, -0.1) is 0 Å². The second-order valence-corrected chi connectivity index (χ2v) is 9.71. The molecular formula is C19H29N3O3S2. The first-order valence-electron chi connectivity index (χ1n) is 9.61. The van der Waals surface area contributed by atoms with E-state index >= 15 is 0 Å². The van der Waals surface area contributed by atoms with Crippen LogP contribution in [-0.4, -0.2) is 62.1 Å². The standard InChI is InChI=1S/C19H29N3O3S2/c1-15-5-3-4-6-18(15)20-19(26)21-11-13-22(14-12-21)27(23,24)17-9-7-16(25-2)8-10-17/h7-10,15,18H,3-6,11-14H2,1-2H3,(H,20,26)/t15-,18+/m1/s1. The fourth-order valence-electron chi connectivity index (χ4n) is 3.81. The van der Waals surface area contributed by atoms with E-state index in [2.05, 4.69) is 17.1 Å². The number of piperazine rings is 1. The Morgan fingerprint density at radius 2 is 1.74 bits per heavy atom. The van der Waals surface area contributed by atoms with E-state index in [9.17, 15) is 8.42 Å². The van der Waals surface area contributed by atoms with E-state index in [4.69, 9.17) is 17.0 Å². The van der Waals surface area contributed by atoms with Crippen molar-refractivity contribution in [1.29, 1.82) is 0 Å². The lowest BCUT2D eigenvalue weighted by Crippen LogP contribution is -2.55. The summed E-state index contributed by atoms with van der Waals surface area (Å²) in [6.45, 7) is 4.39. The summed E-state index contributed by atoms with van der Waals surface area (Å²) in [6, 6.07) is 6.97. The number of nitrogens with zero attached hydrogens (tertiary/aromatic N) is 2. The number of hydrogen-bond acceptors (Lipinski definition) is 4. The Labute approximate surface area is 167 Å². The lowest BCUT2D eigenvalue weighted by molar-refractivity contribution is 0.251. The van der Waals surface area contributed by atoms with Gasteiger partial charge >= 0.3 is 0 Å². The molecule has 1 saturated carbocycles. The third-order valence-corrected chi connectivity index (χ3v) is 7.93. The van der Waals surface area contributed by atoms with Gasteiger partial charge in [0.1, 0.15) is 5.75 Å². The molecule has 3 rings (SSSR count). The van der Waals surface area contributed by atoms with Crippen molar-refractivity contribution < 1.29 is 13.2 Å². The number of hydrogen-bond donors (Lipinski definition) is 1. The van der Waals surface area contributed by atoms with Gasteiger partial charge in [-0.25, -0.2) is 8.42 Å². The Balaban J connectivity index is 1.56. The van der Waals surface area contributed by atoms with Crippen LogP contribution in [0.4, 0.5) is 0 Å². The number of ether oxygens (including phenoxy) is 1. The Morgan fingerprint density at radius 3 is 2.33 bits per heavy atom. The molecule has 1 aromatic rings. The fraction of sp³-hybridized carbons (Fsp3) is 0.632. The van der Waals surface area contributed by atoms with E-state index in [1.807, 2.05) is 0 Å². The highest BCUT2D eigenvalue weighted by Crippen LogP contribution is 2.24. The first-order valence-corrected chi connectivity index (χ1v) is 11.5. The minimum Gasteiger partial charge on any atom is -0.497 e. The third-order valence-electron chi connectivity index (χ3n) is 5.64. The molecule has 0 spiro atoms. The number of methoxy groups -OCH3 is 1. The van der Waals surface area contributed by atoms with E-state index in [-0.39, 0.29) is 0 Å². The summed E-state index contributed by atoms with van der Waals surface area (Å²) in [5, 5.41) is 4.27. The maximum atomic E-state index is 12.8. The second-order valence-electron chi connectivity index (χ2n) is 7.38. The molecule has 27 heavy (non-hydrogen) atoms. The number of nitrogens with one attached hydrogen (secondary N) is 1. The van der Waals surface area contributed by atoms with Gasteiger partial charge in [0, 0.05) is 32.2 Å². The van der Waals surface area contributed by atoms with Crippen molar-refractivity contribution in [2.24, 2.45) is 5.92 Å². The Morgan fingerprint density at radius 1 is 1.11 bits per heavy atom. The largest absolute Gasteiger partial charge is 0.497 e. The molecule has 6 nitrogen and oxygen atoms in total. The maximum Gasteiger partial charge on any atom is 0.243 e. The highest BCUT2D eigenvalue weighted by atomic mass is 32.2. The molecule has 2 aliphatic rings. The molecule has 8 heteroatoms. The van der Waals surface area contributed by atoms with Crippen LogP contribution in [0.3, 0.4) is 0 Å². The average Bonchev–Trinajstić information content (AvgIpc) is 2.70. The van der Waals surface area contributed by atoms with Crippen molar-refractivity contribution in [2.75, 3.05) is 33.3 Å². The van der Waals surface area contributed by atoms with Gasteiger partial charge in [0.2, 0.25) is 10.0 Å². The van der Waals surface area contributed by atoms with E-state index in [1.165, 1.54) is 23.6 Å². The van der Waals surface area contributed by atoms with Crippen molar-refractivity contribution >= 4 is 27.4 Å². The Hall–Kier alpha value is -1.38. The van der Waals surface area contributed by atoms with Crippen LogP contribution in [0.5, 0.6) is 5.75 Å². The molecule has 1 saturated heterocycles. The quantitative estimate of drug-likeness (QED) is 0.768. The molecule has 1 aromatic carbocycles. The van der Waals surface area contributed by atoms with Crippen LogP contribution < -0.4 is 10.1 Å². The number of sulfonamides is 1. The molecule has 2 fully saturated rings. The number of rotatable bonds is 4. The summed E-state index contributed by atoms with van der Waals surface area (Å²) in [6.07, 6.45) is 4.95. The Bertz CT molecular complexity index is 744. The smallest absolute Gasteiger partial charge is 0.243 e. The van der Waals surface area contributed by atoms with Crippen LogP contribution in [-0.2, 0) is 10.0 Å². The molecule has 1 heterocycles. The van der Waals surface area contributed by atoms with Gasteiger partial charge in [0.15, 0.2) is 5.11 Å². The number of benzene rings is 1. The molecule has 0 bridgehead atoms. The summed E-state index contributed by atoms with van der Waals surface area (Å²) in [7, 11) is -1.92. The van der Waals surface area contributed by atoms with Crippen molar-refractivity contribution in [2.45, 2.75) is 43.5 Å². The van der Waals surface area contributed by atoms with Crippen LogP contribution in [0.2, 0.25) is 0 Å². The summed E-state index contributed by atoms with van der Waals surface area (Å²) in [4.78, 5) is 2.39. The monoisotopic (exact) mass is 411 g/mol. The van der Waals surface area contributed by atoms with Gasteiger partial charge in [0.25, 0.3) is 0 Å². The van der Waals surface area contributed by atoms with Crippen LogP contribution >= 0.6 is 12.2 Å². The summed E-state index contributed by atoms with van der Waals surface area (Å²) >= 11 is 5.59. The van der Waals surface area contributed by atoms with Gasteiger partial charge in [-0.1, -0.05) is 19.8 Å². The van der Waals surface area contributed by atoms with Gasteiger partial charge in [-0.2, -0.15) is 4.31 Å². The normalized spacial score (nSPS) is 24.4. The fourth-order valence-corrected chi connectivity index (χ4v) is 5.57. The minimum atomic E-state index is -3.48. The maximum absolute atomic E-state index is 12.8. The van der Waals surface area contributed by atoms with E-state index in [0.717, 1.165) is 11.5 Å². The van der Waals surface area contributed by atoms with E-state index in [1.54, 1.807) is 31.4 Å². The minimum absolute atomic E-state index is 0.300. The van der Waals surface area contributed by atoms with Crippen LogP contribution in [0.15, 0.2) is 29.2 Å². The van der Waals surface area contributed by atoms with E-state index in [0.29, 0.717) is 48.8 Å². The molecule has 2 atom stereocenters. The lowest BCUT2D eigenvalue weighted by Gasteiger charge is -2.38. The van der Waals surface area contributed by atoms with Gasteiger partial charge in [0.05, 0.1) is 12.0 Å². The van der Waals surface area contributed by atoms with Gasteiger partial charge < -0.3 is 15.0 Å². The van der Waals surface area contributed by atoms with Crippen molar-refractivity contribution in [3.8, 4) is 5.75 Å². The second kappa shape index (κ2) is 8.75. The van der Waals surface area contributed by atoms with Gasteiger partial charge in [-0.3, -0.25) is 0 Å². The zero-order valence-electron chi connectivity index (χ0n) is 16.1. The molecular weight excluding hydrogens is 382 g/mol. The molecule has 1 aliphatic heterocycles. The topological polar surface area (TPSA) is 61.9 Å². The lowest BCUT2D eigenvalue weighted by atomic mass is 9.86. The van der Waals surface area contributed by atoms with Gasteiger partial charge in [-0.05, 0) is 55.2 Å². The SMILES string of the molecule is COc1ccc(S(=O)(=O)N2CCN(C(=S)N[C@H]3CCCC[C@H]3C)CC2)cc1. The van der Waals surface area contributed by atoms with Crippen molar-refractivity contribution in [3.05, 3.63) is 24.3 Å². The highest BCUT2D eigenvalue weighted by Gasteiger charge is 2.30. The summed E-state index contributed by atoms with van der Waals surface area (Å²) in [5.74, 6) is 1.28. The molecule has 1 N–H and O–H groups in total. The van der Waals surface area contributed by atoms with Crippen molar-refractivity contribution in [1.82, 2.24) is 14.5 Å². The molecule has 0 radical (unpaired) electrons. The van der Waals surface area contributed by atoms with E-state index < -0.39 is 10.0 Å².